The molecule has 5 heteroatoms. The number of nitrogens with zero attached hydrogens (tertiary/aromatic N) is 2. The van der Waals surface area contributed by atoms with Gasteiger partial charge in [-0.05, 0) is 12.1 Å². The van der Waals surface area contributed by atoms with Gasteiger partial charge in [0.25, 0.3) is 0 Å². The summed E-state index contributed by atoms with van der Waals surface area (Å²) in [7, 11) is 3.86. The van der Waals surface area contributed by atoms with E-state index in [0.717, 1.165) is 5.69 Å². The van der Waals surface area contributed by atoms with Crippen LogP contribution in [0, 0.1) is 0 Å². The number of anilines is 1. The largest absolute Gasteiger partial charge is 0.455 e. The summed E-state index contributed by atoms with van der Waals surface area (Å²) in [6.07, 6.45) is 3.42. The summed E-state index contributed by atoms with van der Waals surface area (Å²) >= 11 is 11.8. The standard InChI is InChI=1S/C13H12Cl2N2O/c1-17(2)12-8-16-6-5-13(12)18-9-3-4-10(14)11(15)7-9/h3-8H,1-2H3. The molecule has 1 aromatic heterocycles. The molecule has 0 N–H and O–H groups in total. The van der Waals surface area contributed by atoms with Crippen LogP contribution in [0.3, 0.4) is 0 Å². The fourth-order valence-corrected chi connectivity index (χ4v) is 1.75. The fourth-order valence-electron chi connectivity index (χ4n) is 1.46. The zero-order valence-corrected chi connectivity index (χ0v) is 11.5. The first-order valence-electron chi connectivity index (χ1n) is 5.32. The van der Waals surface area contributed by atoms with Gasteiger partial charge in [-0.2, -0.15) is 0 Å². The Bertz CT molecular complexity index is 558. The molecule has 0 spiro atoms. The van der Waals surface area contributed by atoms with E-state index >= 15 is 0 Å². The van der Waals surface area contributed by atoms with Crippen molar-refractivity contribution in [3.05, 3.63) is 46.7 Å². The minimum atomic E-state index is 0.467. The number of aromatic nitrogens is 1. The Labute approximate surface area is 116 Å². The smallest absolute Gasteiger partial charge is 0.153 e. The Morgan fingerprint density at radius 1 is 1.11 bits per heavy atom. The van der Waals surface area contributed by atoms with Crippen molar-refractivity contribution in [2.75, 3.05) is 19.0 Å². The van der Waals surface area contributed by atoms with Gasteiger partial charge >= 0.3 is 0 Å². The third kappa shape index (κ3) is 2.86. The van der Waals surface area contributed by atoms with Gasteiger partial charge in [-0.25, -0.2) is 0 Å². The molecule has 0 aliphatic carbocycles. The van der Waals surface area contributed by atoms with Crippen LogP contribution >= 0.6 is 23.2 Å². The summed E-state index contributed by atoms with van der Waals surface area (Å²) in [5.74, 6) is 1.35. The monoisotopic (exact) mass is 282 g/mol. The third-order valence-electron chi connectivity index (χ3n) is 2.36. The van der Waals surface area contributed by atoms with Crippen LogP contribution < -0.4 is 9.64 Å². The molecule has 2 aromatic rings. The number of benzene rings is 1. The van der Waals surface area contributed by atoms with E-state index in [1.807, 2.05) is 19.0 Å². The Morgan fingerprint density at radius 2 is 1.89 bits per heavy atom. The van der Waals surface area contributed by atoms with Crippen molar-refractivity contribution in [2.45, 2.75) is 0 Å². The summed E-state index contributed by atoms with van der Waals surface area (Å²) in [5, 5.41) is 0.973. The van der Waals surface area contributed by atoms with Crippen molar-refractivity contribution in [1.82, 2.24) is 4.98 Å². The first kappa shape index (κ1) is 13.0. The van der Waals surface area contributed by atoms with E-state index in [2.05, 4.69) is 4.98 Å². The zero-order chi connectivity index (χ0) is 13.1. The normalized spacial score (nSPS) is 10.2. The van der Waals surface area contributed by atoms with Crippen LogP contribution in [0.15, 0.2) is 36.7 Å². The van der Waals surface area contributed by atoms with Crippen molar-refractivity contribution >= 4 is 28.9 Å². The molecule has 0 saturated heterocycles. The lowest BCUT2D eigenvalue weighted by Gasteiger charge is -2.16. The fraction of sp³-hybridized carbons (Fsp3) is 0.154. The maximum atomic E-state index is 5.95. The first-order chi connectivity index (χ1) is 8.58. The predicted octanol–water partition coefficient (Wildman–Crippen LogP) is 4.25. The SMILES string of the molecule is CN(C)c1cnccc1Oc1ccc(Cl)c(Cl)c1. The number of hydrogen-bond donors (Lipinski definition) is 0. The van der Waals surface area contributed by atoms with Crippen molar-refractivity contribution in [3.63, 3.8) is 0 Å². The molecular weight excluding hydrogens is 271 g/mol. The van der Waals surface area contributed by atoms with Crippen molar-refractivity contribution in [2.24, 2.45) is 0 Å². The molecule has 0 aliphatic heterocycles. The molecule has 0 unspecified atom stereocenters. The number of pyridine rings is 1. The van der Waals surface area contributed by atoms with E-state index in [1.54, 1.807) is 36.7 Å². The van der Waals surface area contributed by atoms with Gasteiger partial charge in [0.05, 0.1) is 21.9 Å². The quantitative estimate of drug-likeness (QED) is 0.842. The Morgan fingerprint density at radius 3 is 2.56 bits per heavy atom. The van der Waals surface area contributed by atoms with Crippen LogP contribution in [-0.4, -0.2) is 19.1 Å². The highest BCUT2D eigenvalue weighted by Gasteiger charge is 2.07. The minimum Gasteiger partial charge on any atom is -0.455 e. The van der Waals surface area contributed by atoms with Gasteiger partial charge in [0.2, 0.25) is 0 Å². The number of ether oxygens (including phenoxy) is 1. The average molecular weight is 283 g/mol. The Kier molecular flexibility index (Phi) is 3.94. The van der Waals surface area contributed by atoms with E-state index in [-0.39, 0.29) is 0 Å². The average Bonchev–Trinajstić information content (AvgIpc) is 2.34. The van der Waals surface area contributed by atoms with Crippen molar-refractivity contribution in [1.29, 1.82) is 0 Å². The van der Waals surface area contributed by atoms with E-state index in [0.29, 0.717) is 21.5 Å². The first-order valence-corrected chi connectivity index (χ1v) is 6.08. The van der Waals surface area contributed by atoms with Crippen LogP contribution in [0.4, 0.5) is 5.69 Å². The lowest BCUT2D eigenvalue weighted by Crippen LogP contribution is -2.10. The summed E-state index contributed by atoms with van der Waals surface area (Å²) < 4.78 is 5.78. The van der Waals surface area contributed by atoms with Gasteiger partial charge in [-0.15, -0.1) is 0 Å². The number of halogens is 2. The highest BCUT2D eigenvalue weighted by molar-refractivity contribution is 6.42. The molecule has 3 nitrogen and oxygen atoms in total. The summed E-state index contributed by atoms with van der Waals surface area (Å²) in [5.41, 5.74) is 0.892. The topological polar surface area (TPSA) is 25.4 Å². The molecule has 18 heavy (non-hydrogen) atoms. The zero-order valence-electron chi connectivity index (χ0n) is 10.0. The maximum Gasteiger partial charge on any atom is 0.153 e. The second-order valence-corrected chi connectivity index (χ2v) is 4.73. The molecule has 1 aromatic carbocycles. The Hall–Kier alpha value is -1.45. The van der Waals surface area contributed by atoms with Gasteiger partial charge in [0.15, 0.2) is 5.75 Å². The summed E-state index contributed by atoms with van der Waals surface area (Å²) in [6, 6.07) is 6.96. The van der Waals surface area contributed by atoms with Crippen LogP contribution in [0.2, 0.25) is 10.0 Å². The molecule has 0 fully saturated rings. The maximum absolute atomic E-state index is 5.95. The summed E-state index contributed by atoms with van der Waals surface area (Å²) in [6.45, 7) is 0. The number of hydrogen-bond acceptors (Lipinski definition) is 3. The summed E-state index contributed by atoms with van der Waals surface area (Å²) in [4.78, 5) is 6.00. The second-order valence-electron chi connectivity index (χ2n) is 3.92. The van der Waals surface area contributed by atoms with Crippen LogP contribution in [0.1, 0.15) is 0 Å². The molecule has 0 bridgehead atoms. The van der Waals surface area contributed by atoms with Gasteiger partial charge in [-0.3, -0.25) is 4.98 Å². The number of rotatable bonds is 3. The van der Waals surface area contributed by atoms with E-state index in [9.17, 15) is 0 Å². The van der Waals surface area contributed by atoms with Crippen LogP contribution in [0.5, 0.6) is 11.5 Å². The molecule has 0 radical (unpaired) electrons. The van der Waals surface area contributed by atoms with Gasteiger partial charge < -0.3 is 9.64 Å². The highest BCUT2D eigenvalue weighted by atomic mass is 35.5. The van der Waals surface area contributed by atoms with E-state index in [1.165, 1.54) is 0 Å². The van der Waals surface area contributed by atoms with E-state index < -0.39 is 0 Å². The lowest BCUT2D eigenvalue weighted by atomic mass is 10.3. The van der Waals surface area contributed by atoms with Crippen LogP contribution in [-0.2, 0) is 0 Å². The molecule has 94 valence electrons. The minimum absolute atomic E-state index is 0.467. The molecule has 0 amide bonds. The predicted molar refractivity (Wildman–Crippen MR) is 75.1 cm³/mol. The molecule has 0 aliphatic rings. The van der Waals surface area contributed by atoms with Gasteiger partial charge in [0.1, 0.15) is 5.75 Å². The van der Waals surface area contributed by atoms with Crippen LogP contribution in [0.25, 0.3) is 0 Å². The lowest BCUT2D eigenvalue weighted by molar-refractivity contribution is 0.482. The third-order valence-corrected chi connectivity index (χ3v) is 3.10. The molecule has 1 heterocycles. The van der Waals surface area contributed by atoms with Crippen molar-refractivity contribution < 1.29 is 4.74 Å². The Balaban J connectivity index is 2.31. The van der Waals surface area contributed by atoms with E-state index in [4.69, 9.17) is 27.9 Å². The molecule has 2 rings (SSSR count). The molecular formula is C13H12Cl2N2O. The second kappa shape index (κ2) is 5.46. The van der Waals surface area contributed by atoms with Gasteiger partial charge in [-0.1, -0.05) is 23.2 Å². The van der Waals surface area contributed by atoms with Gasteiger partial charge in [0, 0.05) is 32.4 Å². The highest BCUT2D eigenvalue weighted by Crippen LogP contribution is 2.33. The molecule has 0 atom stereocenters. The van der Waals surface area contributed by atoms with Crippen molar-refractivity contribution in [3.8, 4) is 11.5 Å². The molecule has 0 saturated carbocycles.